The molecule has 0 aliphatic rings. The summed E-state index contributed by atoms with van der Waals surface area (Å²) in [5.74, 6) is 1.67. The molecule has 3 rings (SSSR count). The molecule has 0 aliphatic heterocycles. The Labute approximate surface area is 117 Å². The fourth-order valence-corrected chi connectivity index (χ4v) is 2.23. The molecular formula is C15H16N4O. The summed E-state index contributed by atoms with van der Waals surface area (Å²) in [6.45, 7) is 0. The second-order valence-corrected chi connectivity index (χ2v) is 4.62. The molecule has 0 aliphatic carbocycles. The van der Waals surface area contributed by atoms with Crippen molar-refractivity contribution in [3.05, 3.63) is 42.9 Å². The Morgan fingerprint density at radius 1 is 1.20 bits per heavy atom. The van der Waals surface area contributed by atoms with Gasteiger partial charge in [-0.2, -0.15) is 0 Å². The SMILES string of the molecule is COc1ccccc1N(C)c1cc2c(cn1)ncn2C. The van der Waals surface area contributed by atoms with Crippen LogP contribution in [0.2, 0.25) is 0 Å². The van der Waals surface area contributed by atoms with E-state index in [1.807, 2.05) is 53.9 Å². The molecule has 0 saturated heterocycles. The lowest BCUT2D eigenvalue weighted by Gasteiger charge is -2.20. The van der Waals surface area contributed by atoms with Crippen LogP contribution in [-0.4, -0.2) is 28.7 Å². The highest BCUT2D eigenvalue weighted by Gasteiger charge is 2.12. The molecule has 0 fully saturated rings. The largest absolute Gasteiger partial charge is 0.495 e. The maximum Gasteiger partial charge on any atom is 0.142 e. The van der Waals surface area contributed by atoms with Crippen LogP contribution in [0.1, 0.15) is 0 Å². The molecule has 0 radical (unpaired) electrons. The number of rotatable bonds is 3. The number of ether oxygens (including phenoxy) is 1. The van der Waals surface area contributed by atoms with Gasteiger partial charge in [-0.15, -0.1) is 0 Å². The normalized spacial score (nSPS) is 10.8. The Bertz CT molecular complexity index is 750. The monoisotopic (exact) mass is 268 g/mol. The minimum absolute atomic E-state index is 0.821. The van der Waals surface area contributed by atoms with Gasteiger partial charge in [0.05, 0.1) is 30.8 Å². The summed E-state index contributed by atoms with van der Waals surface area (Å²) >= 11 is 0. The second kappa shape index (κ2) is 4.85. The number of hydrogen-bond donors (Lipinski definition) is 0. The van der Waals surface area contributed by atoms with Gasteiger partial charge in [0.1, 0.15) is 17.1 Å². The highest BCUT2D eigenvalue weighted by Crippen LogP contribution is 2.31. The van der Waals surface area contributed by atoms with E-state index in [1.165, 1.54) is 0 Å². The highest BCUT2D eigenvalue weighted by molar-refractivity contribution is 5.79. The zero-order valence-corrected chi connectivity index (χ0v) is 11.7. The lowest BCUT2D eigenvalue weighted by molar-refractivity contribution is 0.415. The van der Waals surface area contributed by atoms with Crippen LogP contribution in [0.15, 0.2) is 42.9 Å². The molecule has 0 spiro atoms. The number of nitrogens with zero attached hydrogens (tertiary/aromatic N) is 4. The van der Waals surface area contributed by atoms with E-state index in [9.17, 15) is 0 Å². The van der Waals surface area contributed by atoms with Gasteiger partial charge in [-0.1, -0.05) is 12.1 Å². The first-order valence-electron chi connectivity index (χ1n) is 6.34. The van der Waals surface area contributed by atoms with Gasteiger partial charge in [-0.05, 0) is 12.1 Å². The third kappa shape index (κ3) is 1.97. The minimum Gasteiger partial charge on any atom is -0.495 e. The van der Waals surface area contributed by atoms with E-state index in [0.29, 0.717) is 0 Å². The number of benzene rings is 1. The number of aromatic nitrogens is 3. The summed E-state index contributed by atoms with van der Waals surface area (Å²) in [4.78, 5) is 10.8. The van der Waals surface area contributed by atoms with Gasteiger partial charge < -0.3 is 14.2 Å². The average molecular weight is 268 g/mol. The van der Waals surface area contributed by atoms with Crippen LogP contribution in [0.5, 0.6) is 5.75 Å². The van der Waals surface area contributed by atoms with Gasteiger partial charge in [-0.3, -0.25) is 0 Å². The molecule has 0 amide bonds. The lowest BCUT2D eigenvalue weighted by Crippen LogP contribution is -2.12. The summed E-state index contributed by atoms with van der Waals surface area (Å²) in [7, 11) is 5.62. The molecular weight excluding hydrogens is 252 g/mol. The summed E-state index contributed by atoms with van der Waals surface area (Å²) in [6.07, 6.45) is 3.58. The van der Waals surface area contributed by atoms with Gasteiger partial charge in [-0.25, -0.2) is 9.97 Å². The van der Waals surface area contributed by atoms with E-state index in [-0.39, 0.29) is 0 Å². The smallest absolute Gasteiger partial charge is 0.142 e. The van der Waals surface area contributed by atoms with Crippen molar-refractivity contribution in [1.82, 2.24) is 14.5 Å². The molecule has 1 aromatic carbocycles. The number of methoxy groups -OCH3 is 1. The Hall–Kier alpha value is -2.56. The maximum absolute atomic E-state index is 5.40. The number of pyridine rings is 1. The summed E-state index contributed by atoms with van der Waals surface area (Å²) < 4.78 is 7.38. The number of para-hydroxylation sites is 2. The van der Waals surface area contributed by atoms with Crippen molar-refractivity contribution in [2.45, 2.75) is 0 Å². The van der Waals surface area contributed by atoms with E-state index < -0.39 is 0 Å². The number of imidazole rings is 1. The fraction of sp³-hybridized carbons (Fsp3) is 0.200. The second-order valence-electron chi connectivity index (χ2n) is 4.62. The van der Waals surface area contributed by atoms with Crippen LogP contribution < -0.4 is 9.64 Å². The third-order valence-corrected chi connectivity index (χ3v) is 3.39. The quantitative estimate of drug-likeness (QED) is 0.732. The van der Waals surface area contributed by atoms with Crippen molar-refractivity contribution in [3.63, 3.8) is 0 Å². The number of hydrogen-bond acceptors (Lipinski definition) is 4. The molecule has 2 heterocycles. The molecule has 5 heteroatoms. The Morgan fingerprint density at radius 2 is 2.00 bits per heavy atom. The van der Waals surface area contributed by atoms with Crippen molar-refractivity contribution in [1.29, 1.82) is 0 Å². The molecule has 0 saturated carbocycles. The summed E-state index contributed by atoms with van der Waals surface area (Å²) in [6, 6.07) is 9.90. The number of anilines is 2. The molecule has 0 unspecified atom stereocenters. The molecule has 102 valence electrons. The Balaban J connectivity index is 2.07. The standard InChI is InChI=1S/C15H16N4O/c1-18-10-17-11-9-16-15(8-13(11)18)19(2)12-6-4-5-7-14(12)20-3/h4-10H,1-3H3. The van der Waals surface area contributed by atoms with E-state index in [4.69, 9.17) is 4.74 Å². The van der Waals surface area contributed by atoms with Crippen LogP contribution in [0.4, 0.5) is 11.5 Å². The first-order valence-corrected chi connectivity index (χ1v) is 6.34. The molecule has 5 nitrogen and oxygen atoms in total. The van der Waals surface area contributed by atoms with Crippen molar-refractivity contribution in [3.8, 4) is 5.75 Å². The van der Waals surface area contributed by atoms with Crippen LogP contribution in [0.25, 0.3) is 11.0 Å². The van der Waals surface area contributed by atoms with E-state index in [0.717, 1.165) is 28.3 Å². The summed E-state index contributed by atoms with van der Waals surface area (Å²) in [5.41, 5.74) is 2.92. The van der Waals surface area contributed by atoms with Crippen molar-refractivity contribution >= 4 is 22.5 Å². The Kier molecular flexibility index (Phi) is 3.02. The van der Waals surface area contributed by atoms with Gasteiger partial charge in [0.15, 0.2) is 0 Å². The molecule has 0 atom stereocenters. The van der Waals surface area contributed by atoms with Crippen LogP contribution >= 0.6 is 0 Å². The first-order chi connectivity index (χ1) is 9.70. The highest BCUT2D eigenvalue weighted by atomic mass is 16.5. The molecule has 20 heavy (non-hydrogen) atoms. The molecule has 0 bridgehead atoms. The lowest BCUT2D eigenvalue weighted by atomic mass is 10.2. The third-order valence-electron chi connectivity index (χ3n) is 3.39. The molecule has 3 aromatic rings. The topological polar surface area (TPSA) is 43.2 Å². The number of fused-ring (bicyclic) bond motifs is 1. The Morgan fingerprint density at radius 3 is 2.80 bits per heavy atom. The maximum atomic E-state index is 5.40. The predicted octanol–water partition coefficient (Wildman–Crippen LogP) is 2.74. The predicted molar refractivity (Wildman–Crippen MR) is 79.6 cm³/mol. The van der Waals surface area contributed by atoms with Gasteiger partial charge in [0, 0.05) is 20.2 Å². The number of aryl methyl sites for hydroxylation is 1. The summed E-state index contributed by atoms with van der Waals surface area (Å²) in [5, 5.41) is 0. The van der Waals surface area contributed by atoms with Crippen LogP contribution in [0, 0.1) is 0 Å². The van der Waals surface area contributed by atoms with Crippen LogP contribution in [0.3, 0.4) is 0 Å². The van der Waals surface area contributed by atoms with Gasteiger partial charge in [0.25, 0.3) is 0 Å². The van der Waals surface area contributed by atoms with Crippen LogP contribution in [-0.2, 0) is 7.05 Å². The minimum atomic E-state index is 0.821. The van der Waals surface area contributed by atoms with Crippen molar-refractivity contribution in [2.24, 2.45) is 7.05 Å². The van der Waals surface area contributed by atoms with Crippen molar-refractivity contribution < 1.29 is 4.74 Å². The fourth-order valence-electron chi connectivity index (χ4n) is 2.23. The zero-order chi connectivity index (χ0) is 14.1. The molecule has 0 N–H and O–H groups in total. The van der Waals surface area contributed by atoms with E-state index in [2.05, 4.69) is 9.97 Å². The van der Waals surface area contributed by atoms with E-state index >= 15 is 0 Å². The van der Waals surface area contributed by atoms with Gasteiger partial charge >= 0.3 is 0 Å². The first kappa shape index (κ1) is 12.5. The van der Waals surface area contributed by atoms with Crippen molar-refractivity contribution in [2.75, 3.05) is 19.1 Å². The van der Waals surface area contributed by atoms with E-state index in [1.54, 1.807) is 19.6 Å². The van der Waals surface area contributed by atoms with Gasteiger partial charge in [0.2, 0.25) is 0 Å². The molecule has 2 aromatic heterocycles. The average Bonchev–Trinajstić information content (AvgIpc) is 2.87. The zero-order valence-electron chi connectivity index (χ0n) is 11.7.